The molecule has 11 aromatic carbocycles. The van der Waals surface area contributed by atoms with Gasteiger partial charge in [0.15, 0.2) is 0 Å². The van der Waals surface area contributed by atoms with Gasteiger partial charge in [-0.25, -0.2) is 0 Å². The van der Waals surface area contributed by atoms with Crippen LogP contribution in [0.3, 0.4) is 0 Å². The fraction of sp³-hybridized carbons (Fsp3) is 0. The molecule has 67 heavy (non-hydrogen) atoms. The molecule has 0 amide bonds. The summed E-state index contributed by atoms with van der Waals surface area (Å²) in [6, 6.07) is 91.8. The van der Waals surface area contributed by atoms with Gasteiger partial charge in [0.25, 0.3) is 0 Å². The number of nitrogens with zero attached hydrogens (tertiary/aromatic N) is 2. The van der Waals surface area contributed by atoms with E-state index in [1.165, 1.54) is 54.8 Å². The summed E-state index contributed by atoms with van der Waals surface area (Å²) in [7, 11) is 0. The van der Waals surface area contributed by atoms with Crippen LogP contribution in [0.4, 0.5) is 17.1 Å². The number of fused-ring (bicyclic) bond motifs is 8. The minimum absolute atomic E-state index is 0.901. The summed E-state index contributed by atoms with van der Waals surface area (Å²) < 4.78 is 8.90. The van der Waals surface area contributed by atoms with Crippen LogP contribution in [0.25, 0.3) is 105 Å². The molecule has 3 nitrogen and oxygen atoms in total. The van der Waals surface area contributed by atoms with Crippen molar-refractivity contribution < 1.29 is 4.42 Å². The van der Waals surface area contributed by atoms with Gasteiger partial charge in [0.05, 0.1) is 11.0 Å². The molecule has 0 atom stereocenters. The van der Waals surface area contributed by atoms with Gasteiger partial charge < -0.3 is 13.9 Å². The zero-order chi connectivity index (χ0) is 44.3. The first-order valence-electron chi connectivity index (χ1n) is 22.9. The minimum Gasteiger partial charge on any atom is -0.455 e. The summed E-state index contributed by atoms with van der Waals surface area (Å²) in [5.41, 5.74) is 17.8. The molecule has 0 fully saturated rings. The predicted molar refractivity (Wildman–Crippen MR) is 282 cm³/mol. The van der Waals surface area contributed by atoms with Crippen molar-refractivity contribution in [1.82, 2.24) is 4.57 Å². The number of hydrogen-bond acceptors (Lipinski definition) is 2. The van der Waals surface area contributed by atoms with Gasteiger partial charge in [-0.3, -0.25) is 0 Å². The monoisotopic (exact) mass is 854 g/mol. The molecule has 13 rings (SSSR count). The Morgan fingerprint density at radius 2 is 0.881 bits per heavy atom. The Morgan fingerprint density at radius 1 is 0.313 bits per heavy atom. The Bertz CT molecular complexity index is 3960. The van der Waals surface area contributed by atoms with Gasteiger partial charge in [0.1, 0.15) is 11.2 Å². The standard InChI is InChI=1S/C64H42N2O/c1-3-15-43(16-4-1)44-31-36-50(37-32-44)65(51-38-33-46(34-39-51)55-27-14-28-57-56-24-8-10-30-61(56)67-64(55)57)52-22-11-20-48(41-52)49-21-12-23-53(42-49)66-59-29-9-7-25-58(59)63-60(66)40-35-47-19-13-26-54(62(47)63)45-17-5-2-6-18-45/h1-42H. The molecule has 2 aromatic heterocycles. The fourth-order valence-electron chi connectivity index (χ4n) is 10.3. The third-order valence-electron chi connectivity index (χ3n) is 13.4. The number of benzene rings is 11. The quantitative estimate of drug-likeness (QED) is 0.152. The van der Waals surface area contributed by atoms with E-state index in [1.807, 2.05) is 12.1 Å². The molecule has 314 valence electrons. The second-order valence-electron chi connectivity index (χ2n) is 17.3. The van der Waals surface area contributed by atoms with Gasteiger partial charge in [-0.15, -0.1) is 0 Å². The topological polar surface area (TPSA) is 21.3 Å². The molecule has 13 aromatic rings. The lowest BCUT2D eigenvalue weighted by atomic mass is 9.94. The number of rotatable bonds is 8. The molecule has 2 heterocycles. The lowest BCUT2D eigenvalue weighted by Crippen LogP contribution is -2.10. The van der Waals surface area contributed by atoms with E-state index in [2.05, 4.69) is 252 Å². The Morgan fingerprint density at radius 3 is 1.67 bits per heavy atom. The highest BCUT2D eigenvalue weighted by atomic mass is 16.3. The van der Waals surface area contributed by atoms with Gasteiger partial charge in [-0.2, -0.15) is 0 Å². The first kappa shape index (κ1) is 38.5. The number of furan rings is 1. The van der Waals surface area contributed by atoms with Crippen molar-refractivity contribution in [2.45, 2.75) is 0 Å². The SMILES string of the molecule is c1ccc(-c2ccc(N(c3ccc(-c4cccc5c4oc4ccccc45)cc3)c3cccc(-c4cccc(-n5c6ccccc6c6c7c(-c8ccccc8)cccc7ccc65)c4)c3)cc2)cc1. The van der Waals surface area contributed by atoms with E-state index in [0.29, 0.717) is 0 Å². The van der Waals surface area contributed by atoms with Crippen LogP contribution < -0.4 is 4.90 Å². The zero-order valence-electron chi connectivity index (χ0n) is 36.6. The van der Waals surface area contributed by atoms with E-state index in [0.717, 1.165) is 66.9 Å². The second kappa shape index (κ2) is 16.0. The van der Waals surface area contributed by atoms with Crippen LogP contribution in [-0.2, 0) is 0 Å². The van der Waals surface area contributed by atoms with E-state index >= 15 is 0 Å². The van der Waals surface area contributed by atoms with Crippen molar-refractivity contribution in [3.8, 4) is 50.2 Å². The lowest BCUT2D eigenvalue weighted by molar-refractivity contribution is 0.670. The normalized spacial score (nSPS) is 11.6. The maximum Gasteiger partial charge on any atom is 0.143 e. The van der Waals surface area contributed by atoms with Crippen LogP contribution in [-0.4, -0.2) is 4.57 Å². The Balaban J connectivity index is 0.924. The predicted octanol–water partition coefficient (Wildman–Crippen LogP) is 18.0. The van der Waals surface area contributed by atoms with E-state index in [-0.39, 0.29) is 0 Å². The van der Waals surface area contributed by atoms with Crippen molar-refractivity contribution in [2.75, 3.05) is 4.90 Å². The smallest absolute Gasteiger partial charge is 0.143 e. The Kier molecular flexibility index (Phi) is 9.17. The number of para-hydroxylation sites is 3. The summed E-state index contributed by atoms with van der Waals surface area (Å²) in [4.78, 5) is 2.36. The minimum atomic E-state index is 0.901. The third-order valence-corrected chi connectivity index (χ3v) is 13.4. The molecule has 0 aliphatic rings. The van der Waals surface area contributed by atoms with E-state index < -0.39 is 0 Å². The molecule has 0 unspecified atom stereocenters. The number of anilines is 3. The van der Waals surface area contributed by atoms with Crippen molar-refractivity contribution in [2.24, 2.45) is 0 Å². The van der Waals surface area contributed by atoms with Crippen LogP contribution in [0.2, 0.25) is 0 Å². The molecule has 0 aliphatic heterocycles. The molecule has 0 spiro atoms. The van der Waals surface area contributed by atoms with Gasteiger partial charge in [0, 0.05) is 49.9 Å². The summed E-state index contributed by atoms with van der Waals surface area (Å²) >= 11 is 0. The fourth-order valence-corrected chi connectivity index (χ4v) is 10.3. The molecule has 0 radical (unpaired) electrons. The van der Waals surface area contributed by atoms with Crippen LogP contribution >= 0.6 is 0 Å². The molecule has 0 N–H and O–H groups in total. The summed E-state index contributed by atoms with van der Waals surface area (Å²) in [6.45, 7) is 0. The first-order valence-corrected chi connectivity index (χ1v) is 22.9. The zero-order valence-corrected chi connectivity index (χ0v) is 36.6. The molecule has 0 aliphatic carbocycles. The average Bonchev–Trinajstić information content (AvgIpc) is 3.96. The van der Waals surface area contributed by atoms with E-state index in [4.69, 9.17) is 4.42 Å². The molecular weight excluding hydrogens is 813 g/mol. The Labute approximate surface area is 388 Å². The van der Waals surface area contributed by atoms with Gasteiger partial charge in [0.2, 0.25) is 0 Å². The van der Waals surface area contributed by atoms with Crippen LogP contribution in [0.15, 0.2) is 259 Å². The molecule has 0 bridgehead atoms. The highest BCUT2D eigenvalue weighted by molar-refractivity contribution is 6.25. The van der Waals surface area contributed by atoms with E-state index in [9.17, 15) is 0 Å². The van der Waals surface area contributed by atoms with Crippen molar-refractivity contribution in [1.29, 1.82) is 0 Å². The van der Waals surface area contributed by atoms with Crippen LogP contribution in [0.1, 0.15) is 0 Å². The highest BCUT2D eigenvalue weighted by Crippen LogP contribution is 2.43. The summed E-state index contributed by atoms with van der Waals surface area (Å²) in [5.74, 6) is 0. The molecule has 0 saturated carbocycles. The van der Waals surface area contributed by atoms with Crippen molar-refractivity contribution in [3.05, 3.63) is 255 Å². The maximum atomic E-state index is 6.46. The lowest BCUT2D eigenvalue weighted by Gasteiger charge is -2.26. The summed E-state index contributed by atoms with van der Waals surface area (Å²) in [6.07, 6.45) is 0. The number of hydrogen-bond donors (Lipinski definition) is 0. The van der Waals surface area contributed by atoms with Crippen LogP contribution in [0, 0.1) is 0 Å². The third kappa shape index (κ3) is 6.59. The largest absolute Gasteiger partial charge is 0.455 e. The Hall–Kier alpha value is -8.92. The second-order valence-corrected chi connectivity index (χ2v) is 17.3. The van der Waals surface area contributed by atoms with Gasteiger partial charge >= 0.3 is 0 Å². The number of aromatic nitrogens is 1. The van der Waals surface area contributed by atoms with Gasteiger partial charge in [-0.1, -0.05) is 188 Å². The van der Waals surface area contributed by atoms with Crippen molar-refractivity contribution in [3.63, 3.8) is 0 Å². The average molecular weight is 855 g/mol. The molecule has 3 heteroatoms. The molecule has 0 saturated heterocycles. The van der Waals surface area contributed by atoms with Crippen LogP contribution in [0.5, 0.6) is 0 Å². The van der Waals surface area contributed by atoms with Crippen molar-refractivity contribution >= 4 is 71.6 Å². The highest BCUT2D eigenvalue weighted by Gasteiger charge is 2.19. The van der Waals surface area contributed by atoms with Gasteiger partial charge in [-0.05, 0) is 116 Å². The molecular formula is C64H42N2O. The summed E-state index contributed by atoms with van der Waals surface area (Å²) in [5, 5.41) is 7.29. The maximum absolute atomic E-state index is 6.46. The first-order chi connectivity index (χ1) is 33.2. The van der Waals surface area contributed by atoms with E-state index in [1.54, 1.807) is 0 Å².